The Hall–Kier alpha value is -1.72. The third-order valence-corrected chi connectivity index (χ3v) is 4.33. The van der Waals surface area contributed by atoms with Crippen molar-refractivity contribution >= 4 is 15.9 Å². The van der Waals surface area contributed by atoms with Crippen molar-refractivity contribution < 1.29 is 14.2 Å². The topological polar surface area (TPSA) is 39.7 Å². The molecule has 2 rings (SSSR count). The lowest BCUT2D eigenvalue weighted by molar-refractivity contribution is 0.286. The normalized spacial score (nSPS) is 10.6. The van der Waals surface area contributed by atoms with Crippen LogP contribution in [-0.2, 0) is 13.0 Å². The summed E-state index contributed by atoms with van der Waals surface area (Å²) in [5, 5.41) is 3.48. The van der Waals surface area contributed by atoms with Gasteiger partial charge in [-0.1, -0.05) is 12.1 Å². The highest BCUT2D eigenvalue weighted by molar-refractivity contribution is 9.10. The molecule has 25 heavy (non-hydrogen) atoms. The summed E-state index contributed by atoms with van der Waals surface area (Å²) in [6.07, 6.45) is 0.973. The highest BCUT2D eigenvalue weighted by Gasteiger charge is 2.11. The predicted octanol–water partition coefficient (Wildman–Crippen LogP) is 4.59. The Morgan fingerprint density at radius 1 is 0.960 bits per heavy atom. The number of hydrogen-bond acceptors (Lipinski definition) is 4. The van der Waals surface area contributed by atoms with Crippen LogP contribution < -0.4 is 19.5 Å². The number of hydrogen-bond donors (Lipinski definition) is 1. The van der Waals surface area contributed by atoms with Crippen LogP contribution in [0.1, 0.15) is 25.0 Å². The summed E-state index contributed by atoms with van der Waals surface area (Å²) in [5.41, 5.74) is 2.45. The van der Waals surface area contributed by atoms with Crippen molar-refractivity contribution in [1.29, 1.82) is 0 Å². The smallest absolute Gasteiger partial charge is 0.175 e. The lowest BCUT2D eigenvalue weighted by Gasteiger charge is -2.15. The van der Waals surface area contributed by atoms with Gasteiger partial charge < -0.3 is 19.5 Å². The van der Waals surface area contributed by atoms with Crippen LogP contribution in [0, 0.1) is 0 Å². The Balaban J connectivity index is 1.91. The predicted molar refractivity (Wildman–Crippen MR) is 105 cm³/mol. The molecule has 0 aliphatic carbocycles. The summed E-state index contributed by atoms with van der Waals surface area (Å²) in [6, 6.07) is 12.3. The molecule has 0 unspecified atom stereocenters. The van der Waals surface area contributed by atoms with E-state index in [1.165, 1.54) is 5.56 Å². The minimum Gasteiger partial charge on any atom is -0.497 e. The zero-order chi connectivity index (χ0) is 18.1. The second kappa shape index (κ2) is 10.3. The van der Waals surface area contributed by atoms with E-state index in [4.69, 9.17) is 14.2 Å². The Kier molecular flexibility index (Phi) is 8.09. The van der Waals surface area contributed by atoms with Gasteiger partial charge >= 0.3 is 0 Å². The van der Waals surface area contributed by atoms with Gasteiger partial charge in [0.1, 0.15) is 5.75 Å². The molecule has 0 heterocycles. The average Bonchev–Trinajstić information content (AvgIpc) is 2.62. The molecule has 0 radical (unpaired) electrons. The first-order chi connectivity index (χ1) is 12.2. The van der Waals surface area contributed by atoms with E-state index in [2.05, 4.69) is 39.4 Å². The molecule has 136 valence electrons. The molecule has 0 fully saturated rings. The van der Waals surface area contributed by atoms with Gasteiger partial charge in [-0.3, -0.25) is 0 Å². The molecular weight excluding hydrogens is 382 g/mol. The highest BCUT2D eigenvalue weighted by Crippen LogP contribution is 2.36. The van der Waals surface area contributed by atoms with E-state index in [1.807, 2.05) is 32.0 Å². The molecule has 0 bridgehead atoms. The van der Waals surface area contributed by atoms with Gasteiger partial charge in [-0.25, -0.2) is 0 Å². The van der Waals surface area contributed by atoms with Crippen molar-refractivity contribution in [1.82, 2.24) is 5.32 Å². The fourth-order valence-electron chi connectivity index (χ4n) is 2.53. The molecule has 0 amide bonds. The molecule has 0 aliphatic heterocycles. The van der Waals surface area contributed by atoms with Gasteiger partial charge in [-0.05, 0) is 78.1 Å². The van der Waals surface area contributed by atoms with Crippen LogP contribution in [0.25, 0.3) is 0 Å². The molecule has 1 N–H and O–H groups in total. The summed E-state index contributed by atoms with van der Waals surface area (Å²) in [4.78, 5) is 0. The summed E-state index contributed by atoms with van der Waals surface area (Å²) >= 11 is 3.58. The van der Waals surface area contributed by atoms with E-state index in [1.54, 1.807) is 7.11 Å². The summed E-state index contributed by atoms with van der Waals surface area (Å²) in [7, 11) is 1.68. The van der Waals surface area contributed by atoms with Gasteiger partial charge in [0.15, 0.2) is 11.5 Å². The number of benzene rings is 2. The van der Waals surface area contributed by atoms with Crippen LogP contribution in [0.15, 0.2) is 40.9 Å². The number of methoxy groups -OCH3 is 1. The van der Waals surface area contributed by atoms with Crippen LogP contribution >= 0.6 is 15.9 Å². The number of ether oxygens (including phenoxy) is 3. The van der Waals surface area contributed by atoms with Crippen LogP contribution in [-0.4, -0.2) is 26.9 Å². The molecule has 5 heteroatoms. The maximum atomic E-state index is 5.71. The Labute approximate surface area is 158 Å². The zero-order valence-corrected chi connectivity index (χ0v) is 16.7. The van der Waals surface area contributed by atoms with Crippen LogP contribution in [0.2, 0.25) is 0 Å². The van der Waals surface area contributed by atoms with E-state index in [-0.39, 0.29) is 0 Å². The Bertz CT molecular complexity index is 659. The summed E-state index contributed by atoms with van der Waals surface area (Å²) in [5.74, 6) is 2.44. The number of halogens is 1. The van der Waals surface area contributed by atoms with Crippen molar-refractivity contribution in [2.75, 3.05) is 26.9 Å². The lowest BCUT2D eigenvalue weighted by atomic mass is 10.1. The van der Waals surface area contributed by atoms with Gasteiger partial charge in [0.05, 0.1) is 24.8 Å². The molecule has 0 saturated carbocycles. The lowest BCUT2D eigenvalue weighted by Crippen LogP contribution is -2.17. The van der Waals surface area contributed by atoms with E-state index in [0.717, 1.165) is 46.8 Å². The molecule has 2 aromatic carbocycles. The van der Waals surface area contributed by atoms with Gasteiger partial charge in [-0.2, -0.15) is 0 Å². The van der Waals surface area contributed by atoms with E-state index in [0.29, 0.717) is 13.2 Å². The van der Waals surface area contributed by atoms with Crippen molar-refractivity contribution in [3.63, 3.8) is 0 Å². The molecule has 0 saturated heterocycles. The molecule has 4 nitrogen and oxygen atoms in total. The van der Waals surface area contributed by atoms with Crippen LogP contribution in [0.3, 0.4) is 0 Å². The molecule has 0 aliphatic rings. The minimum atomic E-state index is 0.609. The fourth-order valence-corrected chi connectivity index (χ4v) is 3.13. The third kappa shape index (κ3) is 5.94. The van der Waals surface area contributed by atoms with E-state index in [9.17, 15) is 0 Å². The van der Waals surface area contributed by atoms with E-state index >= 15 is 0 Å². The second-order valence-electron chi connectivity index (χ2n) is 5.55. The van der Waals surface area contributed by atoms with Gasteiger partial charge in [-0.15, -0.1) is 0 Å². The average molecular weight is 408 g/mol. The summed E-state index contributed by atoms with van der Waals surface area (Å²) < 4.78 is 17.5. The zero-order valence-electron chi connectivity index (χ0n) is 15.1. The largest absolute Gasteiger partial charge is 0.497 e. The monoisotopic (exact) mass is 407 g/mol. The molecule has 0 spiro atoms. The third-order valence-electron chi connectivity index (χ3n) is 3.74. The first-order valence-electron chi connectivity index (χ1n) is 8.59. The van der Waals surface area contributed by atoms with Crippen molar-refractivity contribution in [3.8, 4) is 17.2 Å². The molecule has 0 aromatic heterocycles. The van der Waals surface area contributed by atoms with Gasteiger partial charge in [0, 0.05) is 6.54 Å². The highest BCUT2D eigenvalue weighted by atomic mass is 79.9. The first-order valence-corrected chi connectivity index (χ1v) is 9.38. The van der Waals surface area contributed by atoms with Crippen molar-refractivity contribution in [2.45, 2.75) is 26.8 Å². The van der Waals surface area contributed by atoms with Gasteiger partial charge in [0.2, 0.25) is 0 Å². The Morgan fingerprint density at radius 2 is 1.68 bits per heavy atom. The molecule has 2 aromatic rings. The van der Waals surface area contributed by atoms with Crippen molar-refractivity contribution in [2.24, 2.45) is 0 Å². The van der Waals surface area contributed by atoms with Crippen LogP contribution in [0.5, 0.6) is 17.2 Å². The maximum absolute atomic E-state index is 5.71. The number of nitrogens with one attached hydrogen (secondary N) is 1. The molecular formula is C20H26BrNO3. The van der Waals surface area contributed by atoms with Crippen LogP contribution in [0.4, 0.5) is 0 Å². The maximum Gasteiger partial charge on any atom is 0.175 e. The fraction of sp³-hybridized carbons (Fsp3) is 0.400. The number of rotatable bonds is 10. The van der Waals surface area contributed by atoms with Crippen molar-refractivity contribution in [3.05, 3.63) is 52.0 Å². The first kappa shape index (κ1) is 19.6. The minimum absolute atomic E-state index is 0.609. The summed E-state index contributed by atoms with van der Waals surface area (Å²) in [6.45, 7) is 6.85. The quantitative estimate of drug-likeness (QED) is 0.584. The SMILES string of the molecule is CCOc1cc(CNCCc2ccc(OC)cc2)cc(Br)c1OCC. The second-order valence-corrected chi connectivity index (χ2v) is 6.40. The van der Waals surface area contributed by atoms with Gasteiger partial charge in [0.25, 0.3) is 0 Å². The molecule has 0 atom stereocenters. The standard InChI is InChI=1S/C20H26BrNO3/c1-4-24-19-13-16(12-18(21)20(19)25-5-2)14-22-11-10-15-6-8-17(23-3)9-7-15/h6-9,12-13,22H,4-5,10-11,14H2,1-3H3. The Morgan fingerprint density at radius 3 is 2.32 bits per heavy atom. The van der Waals surface area contributed by atoms with E-state index < -0.39 is 0 Å².